The predicted octanol–water partition coefficient (Wildman–Crippen LogP) is 2.37. The Hall–Kier alpha value is -1.81. The molecule has 0 unspecified atom stereocenters. The smallest absolute Gasteiger partial charge is 0.150 e. The van der Waals surface area contributed by atoms with Crippen LogP contribution < -0.4 is 11.1 Å². The minimum atomic E-state index is 0.430. The van der Waals surface area contributed by atoms with E-state index in [0.29, 0.717) is 23.2 Å². The Bertz CT molecular complexity index is 487. The van der Waals surface area contributed by atoms with E-state index in [2.05, 4.69) is 15.3 Å². The first-order valence-corrected chi connectivity index (χ1v) is 5.69. The van der Waals surface area contributed by atoms with Crippen molar-refractivity contribution < 1.29 is 0 Å². The van der Waals surface area contributed by atoms with E-state index in [9.17, 15) is 0 Å². The highest BCUT2D eigenvalue weighted by atomic mass is 35.5. The van der Waals surface area contributed by atoms with E-state index in [-0.39, 0.29) is 0 Å². The minimum Gasteiger partial charge on any atom is -0.396 e. The van der Waals surface area contributed by atoms with Crippen LogP contribution in [0, 0.1) is 0 Å². The average Bonchev–Trinajstić information content (AvgIpc) is 2.35. The minimum absolute atomic E-state index is 0.430. The highest BCUT2D eigenvalue weighted by Crippen LogP contribution is 2.17. The zero-order valence-corrected chi connectivity index (χ0v) is 9.98. The molecule has 0 saturated carbocycles. The van der Waals surface area contributed by atoms with Crippen LogP contribution in [0.4, 0.5) is 11.5 Å². The number of aromatic nitrogens is 2. The van der Waals surface area contributed by atoms with Crippen LogP contribution in [-0.2, 0) is 6.42 Å². The van der Waals surface area contributed by atoms with Crippen molar-refractivity contribution in [3.63, 3.8) is 0 Å². The first-order valence-electron chi connectivity index (χ1n) is 5.31. The van der Waals surface area contributed by atoms with Crippen molar-refractivity contribution in [3.8, 4) is 0 Å². The average molecular weight is 249 g/mol. The summed E-state index contributed by atoms with van der Waals surface area (Å²) in [5, 5.41) is 3.57. The van der Waals surface area contributed by atoms with Gasteiger partial charge in [-0.25, -0.2) is 4.98 Å². The summed E-state index contributed by atoms with van der Waals surface area (Å²) >= 11 is 5.79. The van der Waals surface area contributed by atoms with Crippen LogP contribution in [0.1, 0.15) is 5.69 Å². The number of nitrogen functional groups attached to an aromatic ring is 1. The second-order valence-corrected chi connectivity index (χ2v) is 3.96. The number of nitrogens with zero attached hydrogens (tertiary/aromatic N) is 2. The van der Waals surface area contributed by atoms with Crippen LogP contribution in [0.15, 0.2) is 36.5 Å². The number of nitrogens with two attached hydrogens (primary N) is 1. The second kappa shape index (κ2) is 5.50. The third kappa shape index (κ3) is 3.32. The molecule has 0 radical (unpaired) electrons. The number of anilines is 2. The SMILES string of the molecule is Nc1ccc(Cl)nc1NCCc1ccccn1. The maximum atomic E-state index is 5.79. The van der Waals surface area contributed by atoms with Crippen LogP contribution in [0.5, 0.6) is 0 Å². The van der Waals surface area contributed by atoms with Crippen LogP contribution in [0.3, 0.4) is 0 Å². The molecule has 0 aliphatic rings. The molecule has 88 valence electrons. The molecule has 2 aromatic heterocycles. The number of hydrogen-bond donors (Lipinski definition) is 2. The van der Waals surface area contributed by atoms with E-state index in [4.69, 9.17) is 17.3 Å². The molecule has 2 aromatic rings. The summed E-state index contributed by atoms with van der Waals surface area (Å²) in [6.07, 6.45) is 2.59. The van der Waals surface area contributed by atoms with Crippen molar-refractivity contribution in [3.05, 3.63) is 47.4 Å². The standard InChI is InChI=1S/C12H13ClN4/c13-11-5-4-10(14)12(17-11)16-8-6-9-3-1-2-7-15-9/h1-5,7H,6,8,14H2,(H,16,17). The van der Waals surface area contributed by atoms with Crippen molar-refractivity contribution in [1.29, 1.82) is 0 Å². The largest absolute Gasteiger partial charge is 0.396 e. The fourth-order valence-corrected chi connectivity index (χ4v) is 1.59. The van der Waals surface area contributed by atoms with Gasteiger partial charge in [0.15, 0.2) is 5.82 Å². The summed E-state index contributed by atoms with van der Waals surface area (Å²) in [7, 11) is 0. The zero-order valence-electron chi connectivity index (χ0n) is 9.23. The highest BCUT2D eigenvalue weighted by molar-refractivity contribution is 6.29. The van der Waals surface area contributed by atoms with Crippen LogP contribution in [0.25, 0.3) is 0 Å². The lowest BCUT2D eigenvalue weighted by atomic mass is 10.2. The zero-order chi connectivity index (χ0) is 12.1. The van der Waals surface area contributed by atoms with E-state index in [1.165, 1.54) is 0 Å². The monoisotopic (exact) mass is 248 g/mol. The van der Waals surface area contributed by atoms with Crippen LogP contribution in [-0.4, -0.2) is 16.5 Å². The number of pyridine rings is 2. The van der Waals surface area contributed by atoms with Gasteiger partial charge in [-0.1, -0.05) is 17.7 Å². The van der Waals surface area contributed by atoms with Gasteiger partial charge in [0.1, 0.15) is 5.15 Å². The summed E-state index contributed by atoms with van der Waals surface area (Å²) in [6.45, 7) is 0.717. The maximum Gasteiger partial charge on any atom is 0.150 e. The van der Waals surface area contributed by atoms with Gasteiger partial charge in [0.2, 0.25) is 0 Å². The van der Waals surface area contributed by atoms with Gasteiger partial charge in [0.25, 0.3) is 0 Å². The highest BCUT2D eigenvalue weighted by Gasteiger charge is 2.01. The third-order valence-corrected chi connectivity index (χ3v) is 2.50. The molecule has 0 bridgehead atoms. The lowest BCUT2D eigenvalue weighted by Gasteiger charge is -2.08. The molecule has 0 aliphatic carbocycles. The van der Waals surface area contributed by atoms with Crippen molar-refractivity contribution in [1.82, 2.24) is 9.97 Å². The van der Waals surface area contributed by atoms with Gasteiger partial charge in [-0.3, -0.25) is 4.98 Å². The Balaban J connectivity index is 1.92. The van der Waals surface area contributed by atoms with Crippen molar-refractivity contribution in [2.75, 3.05) is 17.6 Å². The number of rotatable bonds is 4. The fraction of sp³-hybridized carbons (Fsp3) is 0.167. The Kier molecular flexibility index (Phi) is 3.77. The normalized spacial score (nSPS) is 10.2. The van der Waals surface area contributed by atoms with E-state index < -0.39 is 0 Å². The van der Waals surface area contributed by atoms with Gasteiger partial charge in [0.05, 0.1) is 5.69 Å². The molecule has 0 fully saturated rings. The topological polar surface area (TPSA) is 63.8 Å². The quantitative estimate of drug-likeness (QED) is 0.816. The number of hydrogen-bond acceptors (Lipinski definition) is 4. The lowest BCUT2D eigenvalue weighted by Crippen LogP contribution is -2.09. The van der Waals surface area contributed by atoms with Crippen LogP contribution in [0.2, 0.25) is 5.15 Å². The molecule has 3 N–H and O–H groups in total. The molecule has 0 aromatic carbocycles. The first-order chi connectivity index (χ1) is 8.25. The molecule has 0 spiro atoms. The van der Waals surface area contributed by atoms with Crippen LogP contribution >= 0.6 is 11.6 Å². The van der Waals surface area contributed by atoms with Crippen molar-refractivity contribution >= 4 is 23.1 Å². The molecule has 0 aliphatic heterocycles. The van der Waals surface area contributed by atoms with Gasteiger partial charge in [0, 0.05) is 24.9 Å². The molecule has 2 heterocycles. The Morgan fingerprint density at radius 3 is 2.88 bits per heavy atom. The number of halogens is 1. The van der Waals surface area contributed by atoms with E-state index >= 15 is 0 Å². The Morgan fingerprint density at radius 1 is 1.24 bits per heavy atom. The third-order valence-electron chi connectivity index (χ3n) is 2.29. The van der Waals surface area contributed by atoms with Crippen molar-refractivity contribution in [2.24, 2.45) is 0 Å². The molecule has 0 atom stereocenters. The summed E-state index contributed by atoms with van der Waals surface area (Å²) in [5.41, 5.74) is 7.39. The van der Waals surface area contributed by atoms with Gasteiger partial charge >= 0.3 is 0 Å². The first kappa shape index (κ1) is 11.7. The maximum absolute atomic E-state index is 5.79. The second-order valence-electron chi connectivity index (χ2n) is 3.57. The van der Waals surface area contributed by atoms with Gasteiger partial charge in [-0.15, -0.1) is 0 Å². The molecular weight excluding hydrogens is 236 g/mol. The fourth-order valence-electron chi connectivity index (χ4n) is 1.44. The lowest BCUT2D eigenvalue weighted by molar-refractivity contribution is 0.954. The molecular formula is C12H13ClN4. The summed E-state index contributed by atoms with van der Waals surface area (Å²) in [5.74, 6) is 0.619. The molecule has 2 rings (SSSR count). The van der Waals surface area contributed by atoms with Gasteiger partial charge in [-0.2, -0.15) is 0 Å². The van der Waals surface area contributed by atoms with Crippen molar-refractivity contribution in [2.45, 2.75) is 6.42 Å². The summed E-state index contributed by atoms with van der Waals surface area (Å²) in [6, 6.07) is 9.25. The van der Waals surface area contributed by atoms with E-state index in [1.807, 2.05) is 18.2 Å². The summed E-state index contributed by atoms with van der Waals surface area (Å²) in [4.78, 5) is 8.34. The predicted molar refractivity (Wildman–Crippen MR) is 70.1 cm³/mol. The van der Waals surface area contributed by atoms with E-state index in [0.717, 1.165) is 12.1 Å². The van der Waals surface area contributed by atoms with Gasteiger partial charge in [-0.05, 0) is 24.3 Å². The van der Waals surface area contributed by atoms with E-state index in [1.54, 1.807) is 18.3 Å². The molecule has 0 amide bonds. The molecule has 5 heteroatoms. The summed E-state index contributed by atoms with van der Waals surface area (Å²) < 4.78 is 0. The molecule has 17 heavy (non-hydrogen) atoms. The Labute approximate surface area is 105 Å². The van der Waals surface area contributed by atoms with Gasteiger partial charge < -0.3 is 11.1 Å². The number of nitrogens with one attached hydrogen (secondary N) is 1. The molecule has 0 saturated heterocycles. The Morgan fingerprint density at radius 2 is 2.12 bits per heavy atom. The molecule has 4 nitrogen and oxygen atoms in total.